The van der Waals surface area contributed by atoms with Gasteiger partial charge in [-0.3, -0.25) is 4.68 Å². The predicted molar refractivity (Wildman–Crippen MR) is 87.5 cm³/mol. The van der Waals surface area contributed by atoms with Crippen LogP contribution in [0, 0.1) is 0 Å². The van der Waals surface area contributed by atoms with E-state index in [1.165, 1.54) is 0 Å². The molecule has 1 atom stereocenters. The van der Waals surface area contributed by atoms with Gasteiger partial charge in [-0.2, -0.15) is 5.10 Å². The number of aromatic nitrogens is 2. The summed E-state index contributed by atoms with van der Waals surface area (Å²) in [7, 11) is 1.84. The van der Waals surface area contributed by atoms with Crippen LogP contribution in [0.15, 0.2) is 30.6 Å². The number of aryl methyl sites for hydroxylation is 1. The third-order valence-electron chi connectivity index (χ3n) is 3.76. The lowest BCUT2D eigenvalue weighted by Crippen LogP contribution is -2.37. The van der Waals surface area contributed by atoms with Gasteiger partial charge in [0.2, 0.25) is 0 Å². The second kappa shape index (κ2) is 6.91. The van der Waals surface area contributed by atoms with Crippen molar-refractivity contribution >= 4 is 17.6 Å². The van der Waals surface area contributed by atoms with Gasteiger partial charge in [0.15, 0.2) is 0 Å². The first-order chi connectivity index (χ1) is 11.1. The molecular weight excluding hydrogens is 316 g/mol. The first-order valence-corrected chi connectivity index (χ1v) is 7.94. The molecule has 1 aliphatic rings. The molecule has 3 rings (SSSR count). The smallest absolute Gasteiger partial charge is 0.315 e. The summed E-state index contributed by atoms with van der Waals surface area (Å²) < 4.78 is 7.41. The van der Waals surface area contributed by atoms with E-state index in [1.54, 1.807) is 16.9 Å². The number of nitrogens with zero attached hydrogens (tertiary/aromatic N) is 2. The summed E-state index contributed by atoms with van der Waals surface area (Å²) in [6.07, 6.45) is 5.31. The van der Waals surface area contributed by atoms with Gasteiger partial charge in [-0.25, -0.2) is 4.79 Å². The van der Waals surface area contributed by atoms with E-state index in [2.05, 4.69) is 15.7 Å². The van der Waals surface area contributed by atoms with Gasteiger partial charge in [0.05, 0.1) is 18.8 Å². The first kappa shape index (κ1) is 15.7. The fourth-order valence-electron chi connectivity index (χ4n) is 2.65. The van der Waals surface area contributed by atoms with E-state index in [1.807, 2.05) is 25.4 Å². The molecule has 1 aromatic carbocycles. The number of nitrogens with one attached hydrogen (secondary N) is 2. The maximum absolute atomic E-state index is 12.2. The molecule has 2 aromatic rings. The number of carbonyl (C=O) groups is 1. The maximum atomic E-state index is 12.2. The molecule has 0 fully saturated rings. The van der Waals surface area contributed by atoms with Gasteiger partial charge < -0.3 is 15.4 Å². The number of halogens is 1. The molecule has 1 aromatic heterocycles. The van der Waals surface area contributed by atoms with Crippen LogP contribution in [0.5, 0.6) is 5.75 Å². The zero-order chi connectivity index (χ0) is 16.2. The number of ether oxygens (including phenoxy) is 1. The molecule has 0 saturated heterocycles. The fraction of sp³-hybridized carbons (Fsp3) is 0.375. The van der Waals surface area contributed by atoms with Gasteiger partial charge in [-0.1, -0.05) is 17.7 Å². The number of hydrogen-bond acceptors (Lipinski definition) is 3. The fourth-order valence-corrected chi connectivity index (χ4v) is 2.81. The molecule has 0 bridgehead atoms. The molecule has 0 saturated carbocycles. The largest absolute Gasteiger partial charge is 0.493 e. The Morgan fingerprint density at radius 3 is 3.17 bits per heavy atom. The van der Waals surface area contributed by atoms with Gasteiger partial charge in [-0.15, -0.1) is 0 Å². The molecule has 1 aliphatic heterocycles. The number of rotatable bonds is 3. The number of benzene rings is 1. The van der Waals surface area contributed by atoms with E-state index in [9.17, 15) is 4.79 Å². The Morgan fingerprint density at radius 2 is 2.39 bits per heavy atom. The second-order valence-corrected chi connectivity index (χ2v) is 6.01. The molecular formula is C16H19ClN4O2. The first-order valence-electron chi connectivity index (χ1n) is 7.56. The average molecular weight is 335 g/mol. The van der Waals surface area contributed by atoms with Crippen LogP contribution < -0.4 is 15.4 Å². The highest BCUT2D eigenvalue weighted by Crippen LogP contribution is 2.33. The minimum Gasteiger partial charge on any atom is -0.493 e. The lowest BCUT2D eigenvalue weighted by atomic mass is 10.0. The Labute approximate surface area is 139 Å². The summed E-state index contributed by atoms with van der Waals surface area (Å²) in [5.74, 6) is 0.743. The molecule has 7 heteroatoms. The molecule has 0 spiro atoms. The molecule has 0 unspecified atom stereocenters. The van der Waals surface area contributed by atoms with Crippen molar-refractivity contribution in [3.05, 3.63) is 46.7 Å². The average Bonchev–Trinajstić information content (AvgIpc) is 2.84. The Bertz CT molecular complexity index is 701. The Kier molecular flexibility index (Phi) is 4.71. The molecule has 0 aliphatic carbocycles. The van der Waals surface area contributed by atoms with E-state index >= 15 is 0 Å². The van der Waals surface area contributed by atoms with E-state index in [0.29, 0.717) is 18.2 Å². The predicted octanol–water partition coefficient (Wildman–Crippen LogP) is 2.79. The van der Waals surface area contributed by atoms with Gasteiger partial charge >= 0.3 is 6.03 Å². The van der Waals surface area contributed by atoms with E-state index in [0.717, 1.165) is 29.7 Å². The van der Waals surface area contributed by atoms with Crippen LogP contribution in [-0.2, 0) is 13.6 Å². The van der Waals surface area contributed by atoms with Crippen LogP contribution in [0.25, 0.3) is 0 Å². The van der Waals surface area contributed by atoms with Crippen LogP contribution in [-0.4, -0.2) is 22.4 Å². The van der Waals surface area contributed by atoms with Crippen LogP contribution in [0.3, 0.4) is 0 Å². The lowest BCUT2D eigenvalue weighted by Gasteiger charge is -2.18. The monoisotopic (exact) mass is 334 g/mol. The van der Waals surface area contributed by atoms with Gasteiger partial charge in [0.1, 0.15) is 5.75 Å². The minimum atomic E-state index is -0.207. The number of urea groups is 1. The van der Waals surface area contributed by atoms with Crippen molar-refractivity contribution in [2.75, 3.05) is 6.61 Å². The summed E-state index contributed by atoms with van der Waals surface area (Å²) in [4.78, 5) is 12.2. The normalized spacial score (nSPS) is 16.9. The quantitative estimate of drug-likeness (QED) is 0.907. The van der Waals surface area contributed by atoms with E-state index in [4.69, 9.17) is 16.3 Å². The third-order valence-corrected chi connectivity index (χ3v) is 4.00. The van der Waals surface area contributed by atoms with Crippen molar-refractivity contribution in [1.82, 2.24) is 20.4 Å². The topological polar surface area (TPSA) is 68.2 Å². The minimum absolute atomic E-state index is 0.0846. The zero-order valence-electron chi connectivity index (χ0n) is 12.9. The van der Waals surface area contributed by atoms with Gasteiger partial charge in [0, 0.05) is 35.9 Å². The van der Waals surface area contributed by atoms with Crippen molar-refractivity contribution in [3.63, 3.8) is 0 Å². The highest BCUT2D eigenvalue weighted by atomic mass is 35.5. The maximum Gasteiger partial charge on any atom is 0.315 e. The summed E-state index contributed by atoms with van der Waals surface area (Å²) >= 11 is 6.02. The Balaban J connectivity index is 1.64. The summed E-state index contributed by atoms with van der Waals surface area (Å²) in [5, 5.41) is 10.6. The van der Waals surface area contributed by atoms with Crippen LogP contribution in [0.1, 0.15) is 30.0 Å². The number of fused-ring (bicyclic) bond motifs is 1. The highest BCUT2D eigenvalue weighted by molar-refractivity contribution is 6.30. The number of amides is 2. The van der Waals surface area contributed by atoms with Crippen LogP contribution >= 0.6 is 11.6 Å². The summed E-state index contributed by atoms with van der Waals surface area (Å²) in [6, 6.07) is 5.23. The lowest BCUT2D eigenvalue weighted by molar-refractivity contribution is 0.236. The van der Waals surface area contributed by atoms with Crippen molar-refractivity contribution in [2.45, 2.75) is 25.4 Å². The third kappa shape index (κ3) is 3.96. The summed E-state index contributed by atoms with van der Waals surface area (Å²) in [5.41, 5.74) is 1.92. The van der Waals surface area contributed by atoms with Crippen molar-refractivity contribution in [2.24, 2.45) is 7.05 Å². The zero-order valence-corrected chi connectivity index (χ0v) is 13.6. The van der Waals surface area contributed by atoms with Crippen molar-refractivity contribution in [1.29, 1.82) is 0 Å². The molecule has 122 valence electrons. The molecule has 23 heavy (non-hydrogen) atoms. The highest BCUT2D eigenvalue weighted by Gasteiger charge is 2.21. The molecule has 2 heterocycles. The SMILES string of the molecule is Cn1cc(CNC(=O)N[C@@H]2CCCOc3cc(Cl)ccc32)cn1. The molecule has 0 radical (unpaired) electrons. The van der Waals surface area contributed by atoms with Gasteiger partial charge in [0.25, 0.3) is 0 Å². The van der Waals surface area contributed by atoms with E-state index < -0.39 is 0 Å². The molecule has 6 nitrogen and oxygen atoms in total. The molecule has 2 amide bonds. The van der Waals surface area contributed by atoms with Crippen LogP contribution in [0.2, 0.25) is 5.02 Å². The summed E-state index contributed by atoms with van der Waals surface area (Å²) in [6.45, 7) is 1.07. The van der Waals surface area contributed by atoms with E-state index in [-0.39, 0.29) is 12.1 Å². The molecule has 2 N–H and O–H groups in total. The van der Waals surface area contributed by atoms with Crippen LogP contribution in [0.4, 0.5) is 4.79 Å². The van der Waals surface area contributed by atoms with Crippen molar-refractivity contribution < 1.29 is 9.53 Å². The van der Waals surface area contributed by atoms with Crippen molar-refractivity contribution in [3.8, 4) is 5.75 Å². The van der Waals surface area contributed by atoms with Gasteiger partial charge in [-0.05, 0) is 25.0 Å². The Hall–Kier alpha value is -2.21. The number of hydrogen-bond donors (Lipinski definition) is 2. The standard InChI is InChI=1S/C16H19ClN4O2/c1-21-10-11(9-19-21)8-18-16(22)20-14-3-2-6-23-15-7-12(17)4-5-13(14)15/h4-5,7,9-10,14H,2-3,6,8H2,1H3,(H2,18,20,22)/t14-/m1/s1. The second-order valence-electron chi connectivity index (χ2n) is 5.57. The Morgan fingerprint density at radius 1 is 1.52 bits per heavy atom. The number of carbonyl (C=O) groups excluding carboxylic acids is 1.